The molecular formula is C42H28N6. The van der Waals surface area contributed by atoms with Gasteiger partial charge in [0.2, 0.25) is 0 Å². The van der Waals surface area contributed by atoms with Crippen LogP contribution in [0.15, 0.2) is 171 Å². The van der Waals surface area contributed by atoms with Crippen molar-refractivity contribution < 1.29 is 0 Å². The first kappa shape index (κ1) is 28.8. The van der Waals surface area contributed by atoms with E-state index in [-0.39, 0.29) is 0 Å². The van der Waals surface area contributed by atoms with Crippen LogP contribution in [0.5, 0.6) is 0 Å². The minimum atomic E-state index is 0.636. The molecule has 0 saturated heterocycles. The normalized spacial score (nSPS) is 10.9. The molecule has 0 atom stereocenters. The van der Waals surface area contributed by atoms with E-state index in [1.807, 2.05) is 98.1 Å². The van der Waals surface area contributed by atoms with Gasteiger partial charge in [-0.3, -0.25) is 19.9 Å². The lowest BCUT2D eigenvalue weighted by atomic mass is 9.96. The van der Waals surface area contributed by atoms with E-state index in [0.29, 0.717) is 5.82 Å². The van der Waals surface area contributed by atoms with Crippen LogP contribution < -0.4 is 0 Å². The van der Waals surface area contributed by atoms with Gasteiger partial charge in [-0.2, -0.15) is 0 Å². The molecule has 0 unspecified atom stereocenters. The van der Waals surface area contributed by atoms with Crippen molar-refractivity contribution >= 4 is 0 Å². The van der Waals surface area contributed by atoms with Crippen molar-refractivity contribution in [2.45, 2.75) is 0 Å². The zero-order chi connectivity index (χ0) is 32.1. The van der Waals surface area contributed by atoms with Gasteiger partial charge >= 0.3 is 0 Å². The monoisotopic (exact) mass is 616 g/mol. The van der Waals surface area contributed by atoms with Gasteiger partial charge in [0.05, 0.1) is 11.4 Å². The number of pyridine rings is 4. The van der Waals surface area contributed by atoms with E-state index in [0.717, 1.165) is 72.6 Å². The van der Waals surface area contributed by atoms with Gasteiger partial charge < -0.3 is 0 Å². The molecule has 0 radical (unpaired) electrons. The highest BCUT2D eigenvalue weighted by molar-refractivity contribution is 5.82. The van der Waals surface area contributed by atoms with Gasteiger partial charge in [-0.25, -0.2) is 9.97 Å². The zero-order valence-electron chi connectivity index (χ0n) is 25.8. The summed E-state index contributed by atoms with van der Waals surface area (Å²) in [7, 11) is 0. The number of hydrogen-bond acceptors (Lipinski definition) is 6. The molecular weight excluding hydrogens is 589 g/mol. The maximum Gasteiger partial charge on any atom is 0.160 e. The molecule has 3 aromatic carbocycles. The molecule has 0 bridgehead atoms. The van der Waals surface area contributed by atoms with Gasteiger partial charge in [0.1, 0.15) is 0 Å². The Balaban J connectivity index is 1.33. The van der Waals surface area contributed by atoms with Crippen LogP contribution >= 0.6 is 0 Å². The summed E-state index contributed by atoms with van der Waals surface area (Å²) in [6, 6.07) is 41.7. The van der Waals surface area contributed by atoms with Gasteiger partial charge in [-0.05, 0) is 129 Å². The number of benzene rings is 3. The Morgan fingerprint density at radius 1 is 0.250 bits per heavy atom. The standard InChI is InChI=1S/C42H28N6/c1-3-33(29-7-15-43-16-8-29)23-35(5-1)40-28-41(36-6-2-4-34(24-36)30-9-17-44-18-10-30)48-42(47-40)39-26-37(31-11-19-45-20-12-31)25-38(27-39)32-13-21-46-22-14-32/h1-28H. The minimum absolute atomic E-state index is 0.636. The third kappa shape index (κ3) is 6.10. The summed E-state index contributed by atoms with van der Waals surface area (Å²) in [6.07, 6.45) is 14.5. The topological polar surface area (TPSA) is 77.3 Å². The van der Waals surface area contributed by atoms with E-state index in [1.165, 1.54) is 0 Å². The first-order chi connectivity index (χ1) is 23.8. The predicted molar refractivity (Wildman–Crippen MR) is 191 cm³/mol. The molecule has 0 aliphatic heterocycles. The molecule has 48 heavy (non-hydrogen) atoms. The van der Waals surface area contributed by atoms with Crippen LogP contribution in [0.25, 0.3) is 78.4 Å². The maximum atomic E-state index is 5.23. The van der Waals surface area contributed by atoms with Crippen molar-refractivity contribution in [3.63, 3.8) is 0 Å². The van der Waals surface area contributed by atoms with Crippen molar-refractivity contribution in [1.82, 2.24) is 29.9 Å². The van der Waals surface area contributed by atoms with Crippen molar-refractivity contribution in [3.05, 3.63) is 171 Å². The lowest BCUT2D eigenvalue weighted by Crippen LogP contribution is -1.97. The SMILES string of the molecule is c1cc(-c2ccncc2)cc(-c2cc(-c3cccc(-c4ccncc4)c3)nc(-c3cc(-c4ccncc4)cc(-c4ccncc4)c3)n2)c1. The third-order valence-electron chi connectivity index (χ3n) is 8.29. The fourth-order valence-electron chi connectivity index (χ4n) is 5.86. The second-order valence-electron chi connectivity index (χ2n) is 11.4. The summed E-state index contributed by atoms with van der Waals surface area (Å²) >= 11 is 0. The van der Waals surface area contributed by atoms with E-state index < -0.39 is 0 Å². The Kier molecular flexibility index (Phi) is 7.79. The Morgan fingerprint density at radius 2 is 0.562 bits per heavy atom. The molecule has 0 saturated carbocycles. The Hall–Kier alpha value is -6.66. The first-order valence-corrected chi connectivity index (χ1v) is 15.6. The van der Waals surface area contributed by atoms with Crippen LogP contribution in [0, 0.1) is 0 Å². The molecule has 5 aromatic heterocycles. The van der Waals surface area contributed by atoms with E-state index in [9.17, 15) is 0 Å². The van der Waals surface area contributed by atoms with Crippen LogP contribution in [0.3, 0.4) is 0 Å². The van der Waals surface area contributed by atoms with Crippen LogP contribution in [0.4, 0.5) is 0 Å². The second-order valence-corrected chi connectivity index (χ2v) is 11.4. The maximum absolute atomic E-state index is 5.23. The van der Waals surface area contributed by atoms with Crippen LogP contribution in [0.1, 0.15) is 0 Å². The second kappa shape index (κ2) is 13.0. The molecule has 0 spiro atoms. The first-order valence-electron chi connectivity index (χ1n) is 15.6. The molecule has 0 amide bonds. The quantitative estimate of drug-likeness (QED) is 0.177. The van der Waals surface area contributed by atoms with E-state index in [4.69, 9.17) is 9.97 Å². The fourth-order valence-corrected chi connectivity index (χ4v) is 5.86. The molecule has 6 heteroatoms. The number of hydrogen-bond donors (Lipinski definition) is 0. The van der Waals surface area contributed by atoms with Gasteiger partial charge in [-0.1, -0.05) is 36.4 Å². The van der Waals surface area contributed by atoms with Gasteiger partial charge in [0.15, 0.2) is 5.82 Å². The van der Waals surface area contributed by atoms with Crippen LogP contribution in [-0.4, -0.2) is 29.9 Å². The van der Waals surface area contributed by atoms with Gasteiger partial charge in [-0.15, -0.1) is 0 Å². The molecule has 0 aliphatic carbocycles. The van der Waals surface area contributed by atoms with Crippen molar-refractivity contribution in [3.8, 4) is 78.4 Å². The summed E-state index contributed by atoms with van der Waals surface area (Å²) < 4.78 is 0. The molecule has 5 heterocycles. The summed E-state index contributed by atoms with van der Waals surface area (Å²) in [5.41, 5.74) is 13.2. The lowest BCUT2D eigenvalue weighted by Gasteiger charge is -2.14. The fraction of sp³-hybridized carbons (Fsp3) is 0. The smallest absolute Gasteiger partial charge is 0.160 e. The predicted octanol–water partition coefficient (Wildman–Crippen LogP) is 9.73. The molecule has 0 N–H and O–H groups in total. The van der Waals surface area contributed by atoms with Crippen LogP contribution in [0.2, 0.25) is 0 Å². The highest BCUT2D eigenvalue weighted by Crippen LogP contribution is 2.35. The van der Waals surface area contributed by atoms with Gasteiger partial charge in [0, 0.05) is 66.3 Å². The lowest BCUT2D eigenvalue weighted by molar-refractivity contribution is 1.18. The summed E-state index contributed by atoms with van der Waals surface area (Å²) in [5.74, 6) is 0.636. The Morgan fingerprint density at radius 3 is 0.958 bits per heavy atom. The summed E-state index contributed by atoms with van der Waals surface area (Å²) in [6.45, 7) is 0. The summed E-state index contributed by atoms with van der Waals surface area (Å²) in [4.78, 5) is 27.3. The van der Waals surface area contributed by atoms with Crippen molar-refractivity contribution in [2.24, 2.45) is 0 Å². The molecule has 0 aliphatic rings. The summed E-state index contributed by atoms with van der Waals surface area (Å²) in [5, 5.41) is 0. The molecule has 0 fully saturated rings. The molecule has 8 aromatic rings. The largest absolute Gasteiger partial charge is 0.265 e. The average Bonchev–Trinajstić information content (AvgIpc) is 3.19. The molecule has 226 valence electrons. The molecule has 6 nitrogen and oxygen atoms in total. The van der Waals surface area contributed by atoms with E-state index in [1.54, 1.807) is 0 Å². The number of aromatic nitrogens is 6. The number of nitrogens with zero attached hydrogens (tertiary/aromatic N) is 6. The highest BCUT2D eigenvalue weighted by Gasteiger charge is 2.15. The van der Waals surface area contributed by atoms with E-state index in [2.05, 4.69) is 92.7 Å². The van der Waals surface area contributed by atoms with E-state index >= 15 is 0 Å². The Labute approximate surface area is 278 Å². The third-order valence-corrected chi connectivity index (χ3v) is 8.29. The van der Waals surface area contributed by atoms with Gasteiger partial charge in [0.25, 0.3) is 0 Å². The van der Waals surface area contributed by atoms with Crippen molar-refractivity contribution in [1.29, 1.82) is 0 Å². The Bertz CT molecular complexity index is 2170. The van der Waals surface area contributed by atoms with Crippen molar-refractivity contribution in [2.75, 3.05) is 0 Å². The zero-order valence-corrected chi connectivity index (χ0v) is 25.8. The average molecular weight is 617 g/mol. The highest BCUT2D eigenvalue weighted by atomic mass is 14.9. The minimum Gasteiger partial charge on any atom is -0.265 e. The molecule has 8 rings (SSSR count). The van der Waals surface area contributed by atoms with Crippen LogP contribution in [-0.2, 0) is 0 Å². The number of rotatable bonds is 7.